The van der Waals surface area contributed by atoms with Gasteiger partial charge in [0.15, 0.2) is 0 Å². The van der Waals surface area contributed by atoms with Gasteiger partial charge in [-0.25, -0.2) is 0 Å². The van der Waals surface area contributed by atoms with Crippen LogP contribution in [0.5, 0.6) is 0 Å². The van der Waals surface area contributed by atoms with E-state index in [1.165, 1.54) is 0 Å². The molecule has 1 unspecified atom stereocenters. The van der Waals surface area contributed by atoms with Crippen LogP contribution in [0.2, 0.25) is 0 Å². The summed E-state index contributed by atoms with van der Waals surface area (Å²) >= 11 is 0. The van der Waals surface area contributed by atoms with Gasteiger partial charge in [0.1, 0.15) is 0 Å². The Balaban J connectivity index is 2.03. The zero-order chi connectivity index (χ0) is 16.3. The first-order valence-corrected chi connectivity index (χ1v) is 7.47. The highest BCUT2D eigenvalue weighted by molar-refractivity contribution is 5.95. The SMILES string of the molecule is Cc1ccccc1C(O)CNC(=O)c1cnn(C(C)C)c1C. The van der Waals surface area contributed by atoms with Gasteiger partial charge < -0.3 is 10.4 Å². The lowest BCUT2D eigenvalue weighted by Gasteiger charge is -2.14. The number of nitrogens with zero attached hydrogens (tertiary/aromatic N) is 2. The summed E-state index contributed by atoms with van der Waals surface area (Å²) in [5.41, 5.74) is 3.22. The summed E-state index contributed by atoms with van der Waals surface area (Å²) in [5.74, 6) is -0.211. The zero-order valence-electron chi connectivity index (χ0n) is 13.5. The molecule has 0 aliphatic rings. The number of hydrogen-bond donors (Lipinski definition) is 2. The van der Waals surface area contributed by atoms with Crippen LogP contribution in [0.1, 0.15) is 53.2 Å². The van der Waals surface area contributed by atoms with Crippen molar-refractivity contribution in [1.29, 1.82) is 0 Å². The highest BCUT2D eigenvalue weighted by Gasteiger charge is 2.17. The van der Waals surface area contributed by atoms with Crippen LogP contribution in [0.15, 0.2) is 30.5 Å². The van der Waals surface area contributed by atoms with Gasteiger partial charge >= 0.3 is 0 Å². The maximum Gasteiger partial charge on any atom is 0.254 e. The van der Waals surface area contributed by atoms with E-state index >= 15 is 0 Å². The molecule has 1 aromatic carbocycles. The molecule has 0 fully saturated rings. The summed E-state index contributed by atoms with van der Waals surface area (Å²) in [5, 5.41) is 17.2. The minimum absolute atomic E-state index is 0.177. The molecule has 0 aliphatic heterocycles. The van der Waals surface area contributed by atoms with Crippen molar-refractivity contribution < 1.29 is 9.90 Å². The number of carbonyl (C=O) groups is 1. The van der Waals surface area contributed by atoms with Crippen LogP contribution in [0.3, 0.4) is 0 Å². The predicted octanol–water partition coefficient (Wildman–Crippen LogP) is 2.54. The smallest absolute Gasteiger partial charge is 0.254 e. The molecule has 22 heavy (non-hydrogen) atoms. The number of aliphatic hydroxyl groups excluding tert-OH is 1. The van der Waals surface area contributed by atoms with E-state index in [1.807, 2.05) is 56.6 Å². The maximum atomic E-state index is 12.2. The Labute approximate surface area is 131 Å². The number of hydrogen-bond acceptors (Lipinski definition) is 3. The largest absolute Gasteiger partial charge is 0.387 e. The van der Waals surface area contributed by atoms with Gasteiger partial charge in [-0.2, -0.15) is 5.10 Å². The summed E-state index contributed by atoms with van der Waals surface area (Å²) in [6.07, 6.45) is 0.857. The van der Waals surface area contributed by atoms with E-state index in [-0.39, 0.29) is 18.5 Å². The molecule has 2 N–H and O–H groups in total. The van der Waals surface area contributed by atoms with Gasteiger partial charge in [-0.1, -0.05) is 24.3 Å². The fraction of sp³-hybridized carbons (Fsp3) is 0.412. The molecule has 0 saturated heterocycles. The Morgan fingerprint density at radius 2 is 2.00 bits per heavy atom. The average Bonchev–Trinajstić information content (AvgIpc) is 2.87. The third-order valence-electron chi connectivity index (χ3n) is 3.78. The Kier molecular flexibility index (Phi) is 4.98. The van der Waals surface area contributed by atoms with Gasteiger partial charge in [-0.15, -0.1) is 0 Å². The number of amides is 1. The first kappa shape index (κ1) is 16.2. The van der Waals surface area contributed by atoms with Crippen molar-refractivity contribution in [3.05, 3.63) is 52.8 Å². The maximum absolute atomic E-state index is 12.2. The fourth-order valence-electron chi connectivity index (χ4n) is 2.52. The number of aromatic nitrogens is 2. The van der Waals surface area contributed by atoms with E-state index in [9.17, 15) is 9.90 Å². The van der Waals surface area contributed by atoms with Crippen molar-refractivity contribution in [2.75, 3.05) is 6.54 Å². The summed E-state index contributed by atoms with van der Waals surface area (Å²) in [7, 11) is 0. The topological polar surface area (TPSA) is 67.2 Å². The third-order valence-corrected chi connectivity index (χ3v) is 3.78. The number of aliphatic hydroxyl groups is 1. The van der Waals surface area contributed by atoms with Crippen molar-refractivity contribution in [3.8, 4) is 0 Å². The molecule has 1 atom stereocenters. The second-order valence-corrected chi connectivity index (χ2v) is 5.76. The van der Waals surface area contributed by atoms with E-state index in [2.05, 4.69) is 10.4 Å². The second kappa shape index (κ2) is 6.75. The molecule has 0 spiro atoms. The summed E-state index contributed by atoms with van der Waals surface area (Å²) in [6.45, 7) is 8.03. The lowest BCUT2D eigenvalue weighted by atomic mass is 10.0. The van der Waals surface area contributed by atoms with Crippen molar-refractivity contribution in [2.24, 2.45) is 0 Å². The van der Waals surface area contributed by atoms with Crippen LogP contribution in [-0.4, -0.2) is 27.3 Å². The monoisotopic (exact) mass is 301 g/mol. The average molecular weight is 301 g/mol. The molecular formula is C17H23N3O2. The molecule has 0 saturated carbocycles. The molecule has 2 rings (SSSR count). The summed E-state index contributed by atoms with van der Waals surface area (Å²) in [4.78, 5) is 12.2. The van der Waals surface area contributed by atoms with Crippen molar-refractivity contribution in [2.45, 2.75) is 39.8 Å². The molecule has 0 bridgehead atoms. The van der Waals surface area contributed by atoms with Gasteiger partial charge in [-0.05, 0) is 38.8 Å². The zero-order valence-corrected chi connectivity index (χ0v) is 13.5. The van der Waals surface area contributed by atoms with Crippen LogP contribution < -0.4 is 5.32 Å². The number of rotatable bonds is 5. The Morgan fingerprint density at radius 1 is 1.32 bits per heavy atom. The normalized spacial score (nSPS) is 12.5. The van der Waals surface area contributed by atoms with Gasteiger partial charge in [0.25, 0.3) is 5.91 Å². The van der Waals surface area contributed by atoms with Gasteiger partial charge in [0.2, 0.25) is 0 Å². The van der Waals surface area contributed by atoms with E-state index < -0.39 is 6.10 Å². The molecule has 0 radical (unpaired) electrons. The van der Waals surface area contributed by atoms with Gasteiger partial charge in [0, 0.05) is 18.3 Å². The quantitative estimate of drug-likeness (QED) is 0.892. The van der Waals surface area contributed by atoms with Crippen LogP contribution in [-0.2, 0) is 0 Å². The molecule has 5 nitrogen and oxygen atoms in total. The van der Waals surface area contributed by atoms with Crippen molar-refractivity contribution in [1.82, 2.24) is 15.1 Å². The molecule has 0 aliphatic carbocycles. The summed E-state index contributed by atoms with van der Waals surface area (Å²) < 4.78 is 1.81. The highest BCUT2D eigenvalue weighted by Crippen LogP contribution is 2.17. The number of benzene rings is 1. The van der Waals surface area contributed by atoms with Crippen molar-refractivity contribution >= 4 is 5.91 Å². The third kappa shape index (κ3) is 3.36. The van der Waals surface area contributed by atoms with Crippen molar-refractivity contribution in [3.63, 3.8) is 0 Å². The van der Waals surface area contributed by atoms with Gasteiger partial charge in [-0.3, -0.25) is 9.48 Å². The second-order valence-electron chi connectivity index (χ2n) is 5.76. The van der Waals surface area contributed by atoms with E-state index in [4.69, 9.17) is 0 Å². The highest BCUT2D eigenvalue weighted by atomic mass is 16.3. The molecule has 1 amide bonds. The summed E-state index contributed by atoms with van der Waals surface area (Å²) in [6, 6.07) is 7.82. The van der Waals surface area contributed by atoms with Crippen LogP contribution in [0, 0.1) is 13.8 Å². The van der Waals surface area contributed by atoms with Gasteiger partial charge in [0.05, 0.1) is 17.9 Å². The first-order chi connectivity index (χ1) is 10.4. The number of aryl methyl sites for hydroxylation is 1. The lowest BCUT2D eigenvalue weighted by molar-refractivity contribution is 0.0915. The van der Waals surface area contributed by atoms with Crippen LogP contribution in [0.4, 0.5) is 0 Å². The van der Waals surface area contributed by atoms with E-state index in [1.54, 1.807) is 6.20 Å². The molecule has 1 aromatic heterocycles. The standard InChI is InChI=1S/C17H23N3O2/c1-11(2)20-13(4)15(9-19-20)17(22)18-10-16(21)14-8-6-5-7-12(14)3/h5-9,11,16,21H,10H2,1-4H3,(H,18,22). The minimum Gasteiger partial charge on any atom is -0.387 e. The lowest BCUT2D eigenvalue weighted by Crippen LogP contribution is -2.29. The molecule has 118 valence electrons. The van der Waals surface area contributed by atoms with Crippen LogP contribution in [0.25, 0.3) is 0 Å². The fourth-order valence-corrected chi connectivity index (χ4v) is 2.52. The molecular weight excluding hydrogens is 278 g/mol. The minimum atomic E-state index is -0.717. The number of nitrogens with one attached hydrogen (secondary N) is 1. The molecule has 5 heteroatoms. The molecule has 1 heterocycles. The predicted molar refractivity (Wildman–Crippen MR) is 85.8 cm³/mol. The Morgan fingerprint density at radius 3 is 2.59 bits per heavy atom. The first-order valence-electron chi connectivity index (χ1n) is 7.47. The Hall–Kier alpha value is -2.14. The van der Waals surface area contributed by atoms with Crippen LogP contribution >= 0.6 is 0 Å². The number of carbonyl (C=O) groups excluding carboxylic acids is 1. The Bertz CT molecular complexity index is 662. The van der Waals surface area contributed by atoms with E-state index in [0.717, 1.165) is 16.8 Å². The van der Waals surface area contributed by atoms with E-state index in [0.29, 0.717) is 5.56 Å². The molecule has 2 aromatic rings.